The van der Waals surface area contributed by atoms with E-state index in [1.165, 1.54) is 0 Å². The highest BCUT2D eigenvalue weighted by atomic mass is 35.5. The van der Waals surface area contributed by atoms with Crippen LogP contribution in [0, 0.1) is 0 Å². The fourth-order valence-corrected chi connectivity index (χ4v) is 3.13. The summed E-state index contributed by atoms with van der Waals surface area (Å²) >= 11 is 5.89. The molecule has 0 spiro atoms. The average molecular weight is 435 g/mol. The molecule has 154 valence electrons. The highest BCUT2D eigenvalue weighted by Crippen LogP contribution is 2.27. The number of halogens is 1. The number of furan rings is 1. The number of amides is 1. The Balaban J connectivity index is 1.19. The number of hydrogen-bond donors (Lipinski definition) is 2. The van der Waals surface area contributed by atoms with Crippen LogP contribution in [0.3, 0.4) is 0 Å². The molecule has 5 aromatic rings. The van der Waals surface area contributed by atoms with Gasteiger partial charge in [-0.3, -0.25) is 15.2 Å². The summed E-state index contributed by atoms with van der Waals surface area (Å²) in [4.78, 5) is 16.5. The Kier molecular flexibility index (Phi) is 4.93. The molecule has 1 amide bonds. The van der Waals surface area contributed by atoms with Crippen molar-refractivity contribution in [3.63, 3.8) is 0 Å². The van der Waals surface area contributed by atoms with Gasteiger partial charge in [0.05, 0.1) is 0 Å². The lowest BCUT2D eigenvalue weighted by molar-refractivity contribution is -0.116. The smallest absolute Gasteiger partial charge is 0.283 e. The lowest BCUT2D eigenvalue weighted by Gasteiger charge is -1.98. The molecule has 3 heterocycles. The molecule has 31 heavy (non-hydrogen) atoms. The fraction of sp³-hybridized carbons (Fsp3) is 0.0952. The molecule has 0 aliphatic carbocycles. The van der Waals surface area contributed by atoms with Crippen molar-refractivity contribution in [2.45, 2.75) is 12.8 Å². The maximum Gasteiger partial charge on any atom is 0.283 e. The number of nitrogens with one attached hydrogen (secondary N) is 2. The summed E-state index contributed by atoms with van der Waals surface area (Å²) in [6, 6.07) is 16.6. The molecule has 0 saturated heterocycles. The predicted octanol–water partition coefficient (Wildman–Crippen LogP) is 4.49. The molecule has 0 aliphatic heterocycles. The van der Waals surface area contributed by atoms with Gasteiger partial charge in [-0.25, -0.2) is 0 Å². The van der Waals surface area contributed by atoms with Crippen LogP contribution < -0.4 is 5.32 Å². The number of para-hydroxylation sites is 1. The van der Waals surface area contributed by atoms with Crippen molar-refractivity contribution in [2.75, 3.05) is 5.32 Å². The van der Waals surface area contributed by atoms with Crippen LogP contribution in [0.2, 0.25) is 5.02 Å². The number of hydrogen-bond acceptors (Lipinski definition) is 7. The second-order valence-corrected chi connectivity index (χ2v) is 7.15. The molecular formula is C21H15ClN6O3. The molecule has 0 bridgehead atoms. The molecule has 0 atom stereocenters. The van der Waals surface area contributed by atoms with E-state index in [0.29, 0.717) is 22.5 Å². The largest absolute Gasteiger partial charge is 0.451 e. The molecule has 0 fully saturated rings. The maximum absolute atomic E-state index is 12.2. The van der Waals surface area contributed by atoms with Gasteiger partial charge in [-0.2, -0.15) is 4.98 Å². The van der Waals surface area contributed by atoms with Crippen molar-refractivity contribution in [2.24, 2.45) is 0 Å². The Morgan fingerprint density at radius 2 is 1.90 bits per heavy atom. The molecule has 9 nitrogen and oxygen atoms in total. The van der Waals surface area contributed by atoms with Gasteiger partial charge < -0.3 is 8.83 Å². The Morgan fingerprint density at radius 3 is 2.74 bits per heavy atom. The Bertz CT molecular complexity index is 1320. The van der Waals surface area contributed by atoms with E-state index in [0.717, 1.165) is 16.5 Å². The van der Waals surface area contributed by atoms with Crippen molar-refractivity contribution >= 4 is 34.4 Å². The minimum Gasteiger partial charge on any atom is -0.451 e. The zero-order chi connectivity index (χ0) is 21.2. The summed E-state index contributed by atoms with van der Waals surface area (Å²) in [7, 11) is 0. The van der Waals surface area contributed by atoms with Gasteiger partial charge >= 0.3 is 0 Å². The number of rotatable bonds is 6. The molecule has 3 aromatic heterocycles. The van der Waals surface area contributed by atoms with Crippen LogP contribution in [0.1, 0.15) is 12.3 Å². The Hall–Kier alpha value is -3.98. The number of aromatic amines is 1. The van der Waals surface area contributed by atoms with E-state index >= 15 is 0 Å². The standard InChI is InChI=1S/C21H15ClN6O3/c22-14-7-5-12(6-8-14)19-24-21(28-26-19)23-17(29)9-10-18-25-27-20(31-18)16-11-13-3-1-2-4-15(13)30-16/h1-8,11H,9-10H2,(H2,23,24,26,28,29). The van der Waals surface area contributed by atoms with Crippen molar-refractivity contribution in [1.29, 1.82) is 0 Å². The maximum atomic E-state index is 12.2. The normalized spacial score (nSPS) is 11.1. The van der Waals surface area contributed by atoms with E-state index in [4.69, 9.17) is 20.4 Å². The highest BCUT2D eigenvalue weighted by molar-refractivity contribution is 6.30. The van der Waals surface area contributed by atoms with Crippen LogP contribution in [0.4, 0.5) is 5.95 Å². The molecule has 10 heteroatoms. The van der Waals surface area contributed by atoms with Crippen LogP contribution in [-0.4, -0.2) is 31.3 Å². The van der Waals surface area contributed by atoms with Gasteiger partial charge in [-0.15, -0.1) is 15.3 Å². The Labute approximate surface area is 180 Å². The van der Waals surface area contributed by atoms with Crippen LogP contribution in [0.25, 0.3) is 34.0 Å². The predicted molar refractivity (Wildman–Crippen MR) is 113 cm³/mol. The first-order valence-corrected chi connectivity index (χ1v) is 9.81. The van der Waals surface area contributed by atoms with Crippen molar-refractivity contribution in [3.8, 4) is 23.0 Å². The van der Waals surface area contributed by atoms with E-state index in [1.807, 2.05) is 42.5 Å². The minimum absolute atomic E-state index is 0.132. The number of nitrogens with zero attached hydrogens (tertiary/aromatic N) is 4. The van der Waals surface area contributed by atoms with Gasteiger partial charge in [-0.05, 0) is 36.4 Å². The van der Waals surface area contributed by atoms with E-state index in [-0.39, 0.29) is 30.6 Å². The van der Waals surface area contributed by atoms with Gasteiger partial charge in [0.15, 0.2) is 11.6 Å². The van der Waals surface area contributed by atoms with Gasteiger partial charge in [0.2, 0.25) is 17.7 Å². The number of carbonyl (C=O) groups is 1. The molecule has 0 saturated carbocycles. The van der Waals surface area contributed by atoms with E-state index in [1.54, 1.807) is 12.1 Å². The quantitative estimate of drug-likeness (QED) is 0.403. The monoisotopic (exact) mass is 434 g/mol. The third-order valence-electron chi connectivity index (χ3n) is 4.52. The van der Waals surface area contributed by atoms with Gasteiger partial charge in [0.25, 0.3) is 5.89 Å². The number of fused-ring (bicyclic) bond motifs is 1. The fourth-order valence-electron chi connectivity index (χ4n) is 3.00. The number of carbonyl (C=O) groups excluding carboxylic acids is 1. The Morgan fingerprint density at radius 1 is 1.06 bits per heavy atom. The number of H-pyrrole nitrogens is 1. The second-order valence-electron chi connectivity index (χ2n) is 6.71. The highest BCUT2D eigenvalue weighted by Gasteiger charge is 2.15. The van der Waals surface area contributed by atoms with E-state index in [9.17, 15) is 4.79 Å². The topological polar surface area (TPSA) is 123 Å². The summed E-state index contributed by atoms with van der Waals surface area (Å²) < 4.78 is 11.3. The first kappa shape index (κ1) is 19.0. The van der Waals surface area contributed by atoms with Gasteiger partial charge in [0.1, 0.15) is 5.58 Å². The first-order chi connectivity index (χ1) is 15.1. The zero-order valence-corrected chi connectivity index (χ0v) is 16.8. The summed E-state index contributed by atoms with van der Waals surface area (Å²) in [6.07, 6.45) is 0.403. The van der Waals surface area contributed by atoms with Crippen LogP contribution >= 0.6 is 11.6 Å². The lowest BCUT2D eigenvalue weighted by atomic mass is 10.2. The van der Waals surface area contributed by atoms with Crippen molar-refractivity contribution in [3.05, 3.63) is 65.5 Å². The molecule has 2 aromatic carbocycles. The minimum atomic E-state index is -0.273. The van der Waals surface area contributed by atoms with Crippen molar-refractivity contribution in [1.82, 2.24) is 25.4 Å². The number of aromatic nitrogens is 5. The van der Waals surface area contributed by atoms with Crippen LogP contribution in [0.15, 0.2) is 63.4 Å². The third-order valence-corrected chi connectivity index (χ3v) is 4.78. The zero-order valence-electron chi connectivity index (χ0n) is 16.0. The summed E-state index contributed by atoms with van der Waals surface area (Å²) in [5, 5.41) is 19.0. The van der Waals surface area contributed by atoms with Gasteiger partial charge in [-0.1, -0.05) is 29.8 Å². The van der Waals surface area contributed by atoms with Crippen molar-refractivity contribution < 1.29 is 13.6 Å². The summed E-state index contributed by atoms with van der Waals surface area (Å²) in [6.45, 7) is 0. The molecule has 0 unspecified atom stereocenters. The number of benzene rings is 2. The second kappa shape index (κ2) is 8.04. The molecule has 0 aliphatic rings. The molecule has 5 rings (SSSR count). The SMILES string of the molecule is O=C(CCc1nnc(-c2cc3ccccc3o2)o1)Nc1n[nH]c(-c2ccc(Cl)cc2)n1. The molecule has 0 radical (unpaired) electrons. The summed E-state index contributed by atoms with van der Waals surface area (Å²) in [5.41, 5.74) is 1.54. The average Bonchev–Trinajstić information content (AvgIpc) is 3.52. The first-order valence-electron chi connectivity index (χ1n) is 9.43. The third kappa shape index (κ3) is 4.17. The van der Waals surface area contributed by atoms with Gasteiger partial charge in [0, 0.05) is 28.8 Å². The lowest BCUT2D eigenvalue weighted by Crippen LogP contribution is -2.13. The molecular weight excluding hydrogens is 420 g/mol. The van der Waals surface area contributed by atoms with Crippen LogP contribution in [0.5, 0.6) is 0 Å². The number of anilines is 1. The molecule has 2 N–H and O–H groups in total. The summed E-state index contributed by atoms with van der Waals surface area (Å²) in [5.74, 6) is 1.53. The van der Waals surface area contributed by atoms with Crippen LogP contribution in [-0.2, 0) is 11.2 Å². The number of aryl methyl sites for hydroxylation is 1. The van der Waals surface area contributed by atoms with E-state index in [2.05, 4.69) is 30.7 Å². The van der Waals surface area contributed by atoms with E-state index < -0.39 is 0 Å².